The molecule has 2 rings (SSSR count). The molecule has 0 spiro atoms. The van der Waals surface area contributed by atoms with E-state index in [0.717, 1.165) is 11.8 Å². The molecule has 28 heavy (non-hydrogen) atoms. The number of aromatic nitrogens is 2. The van der Waals surface area contributed by atoms with Crippen LogP contribution < -0.4 is 21.3 Å². The fourth-order valence-electron chi connectivity index (χ4n) is 2.03. The predicted octanol–water partition coefficient (Wildman–Crippen LogP) is 0.121. The molecule has 0 aliphatic heterocycles. The Morgan fingerprint density at radius 3 is 2.57 bits per heavy atom. The Bertz CT molecular complexity index is 1100. The number of nitrogens with zero attached hydrogens (tertiary/aromatic N) is 1. The van der Waals surface area contributed by atoms with Gasteiger partial charge < -0.3 is 15.7 Å². The summed E-state index contributed by atoms with van der Waals surface area (Å²) < 4.78 is 22.8. The number of aromatic hydroxyl groups is 1. The molecule has 2 aromatic rings. The SMILES string of the molecule is CC(=O)Nc1c(O)nc(SCC(=O)Nc2cc(S(N)(=O)=O)ccc2C)[nH]c1=O. The summed E-state index contributed by atoms with van der Waals surface area (Å²) in [5.41, 5.74) is -0.281. The van der Waals surface area contributed by atoms with Crippen molar-refractivity contribution in [2.75, 3.05) is 16.4 Å². The van der Waals surface area contributed by atoms with Crippen molar-refractivity contribution >= 4 is 45.0 Å². The van der Waals surface area contributed by atoms with E-state index in [2.05, 4.69) is 20.6 Å². The number of primary sulfonamides is 1. The maximum atomic E-state index is 12.1. The number of H-pyrrole nitrogens is 1. The molecule has 1 aromatic carbocycles. The Hall–Kier alpha value is -2.90. The van der Waals surface area contributed by atoms with Crippen LogP contribution in [0.15, 0.2) is 33.0 Å². The summed E-state index contributed by atoms with van der Waals surface area (Å²) in [5, 5.41) is 19.5. The molecule has 0 aliphatic rings. The number of carbonyl (C=O) groups excluding carboxylic acids is 2. The normalized spacial score (nSPS) is 11.1. The minimum atomic E-state index is -3.92. The Morgan fingerprint density at radius 1 is 1.32 bits per heavy atom. The fraction of sp³-hybridized carbons (Fsp3) is 0.200. The molecular weight excluding hydrogens is 410 g/mol. The van der Waals surface area contributed by atoms with Gasteiger partial charge in [0.15, 0.2) is 10.8 Å². The lowest BCUT2D eigenvalue weighted by Gasteiger charge is -2.10. The van der Waals surface area contributed by atoms with Crippen LogP contribution in [-0.2, 0) is 19.6 Å². The molecule has 0 bridgehead atoms. The van der Waals surface area contributed by atoms with E-state index in [9.17, 15) is 27.9 Å². The van der Waals surface area contributed by atoms with Crippen molar-refractivity contribution in [3.05, 3.63) is 34.1 Å². The minimum Gasteiger partial charge on any atom is -0.492 e. The summed E-state index contributed by atoms with van der Waals surface area (Å²) in [6.07, 6.45) is 0. The van der Waals surface area contributed by atoms with E-state index in [4.69, 9.17) is 5.14 Å². The van der Waals surface area contributed by atoms with Crippen molar-refractivity contribution in [2.24, 2.45) is 5.14 Å². The highest BCUT2D eigenvalue weighted by Gasteiger charge is 2.15. The van der Waals surface area contributed by atoms with Crippen LogP contribution in [0, 0.1) is 6.92 Å². The number of amides is 2. The highest BCUT2D eigenvalue weighted by molar-refractivity contribution is 7.99. The smallest absolute Gasteiger partial charge is 0.279 e. The summed E-state index contributed by atoms with van der Waals surface area (Å²) in [4.78, 5) is 40.9. The average Bonchev–Trinajstić information content (AvgIpc) is 2.57. The number of rotatable bonds is 6. The van der Waals surface area contributed by atoms with Gasteiger partial charge in [0.25, 0.3) is 5.56 Å². The molecule has 1 aromatic heterocycles. The number of thioether (sulfide) groups is 1. The number of nitrogens with two attached hydrogens (primary N) is 1. The molecule has 1 heterocycles. The molecule has 11 nitrogen and oxygen atoms in total. The van der Waals surface area contributed by atoms with Crippen LogP contribution in [-0.4, -0.2) is 41.1 Å². The zero-order valence-corrected chi connectivity index (χ0v) is 16.4. The van der Waals surface area contributed by atoms with Gasteiger partial charge in [-0.1, -0.05) is 17.8 Å². The monoisotopic (exact) mass is 427 g/mol. The Kier molecular flexibility index (Phi) is 6.43. The topological polar surface area (TPSA) is 184 Å². The summed E-state index contributed by atoms with van der Waals surface area (Å²) in [6, 6.07) is 4.06. The number of carbonyl (C=O) groups is 2. The first kappa shape index (κ1) is 21.4. The third kappa shape index (κ3) is 5.55. The highest BCUT2D eigenvalue weighted by atomic mass is 32.2. The first-order valence-corrected chi connectivity index (χ1v) is 10.2. The lowest BCUT2D eigenvalue weighted by atomic mass is 10.2. The van der Waals surface area contributed by atoms with Gasteiger partial charge in [-0.25, -0.2) is 13.6 Å². The van der Waals surface area contributed by atoms with Gasteiger partial charge in [0.1, 0.15) is 0 Å². The van der Waals surface area contributed by atoms with E-state index in [1.54, 1.807) is 6.92 Å². The molecule has 0 radical (unpaired) electrons. The first-order valence-electron chi connectivity index (χ1n) is 7.64. The standard InChI is InChI=1S/C15H17N5O6S2/c1-7-3-4-9(28(16,25)26)5-10(7)18-11(22)6-27-15-19-13(23)12(14(24)20-15)17-8(2)21/h3-5H,6H2,1-2H3,(H,17,21)(H,18,22)(H2,16,25,26)(H2,19,20,23,24). The number of hydrogen-bond acceptors (Lipinski definition) is 8. The molecule has 0 saturated carbocycles. The second-order valence-electron chi connectivity index (χ2n) is 5.61. The molecule has 0 fully saturated rings. The summed E-state index contributed by atoms with van der Waals surface area (Å²) in [6.45, 7) is 2.84. The van der Waals surface area contributed by atoms with Crippen LogP contribution in [0.2, 0.25) is 0 Å². The average molecular weight is 427 g/mol. The Balaban J connectivity index is 2.09. The number of aromatic amines is 1. The van der Waals surface area contributed by atoms with Crippen LogP contribution in [0.3, 0.4) is 0 Å². The third-order valence-electron chi connectivity index (χ3n) is 3.33. The lowest BCUT2D eigenvalue weighted by Crippen LogP contribution is -2.20. The molecular formula is C15H17N5O6S2. The maximum Gasteiger partial charge on any atom is 0.279 e. The van der Waals surface area contributed by atoms with Gasteiger partial charge in [-0.15, -0.1) is 0 Å². The number of aryl methyl sites for hydroxylation is 1. The van der Waals surface area contributed by atoms with Gasteiger partial charge in [-0.05, 0) is 24.6 Å². The second kappa shape index (κ2) is 8.41. The van der Waals surface area contributed by atoms with Gasteiger partial charge in [0.05, 0.1) is 10.6 Å². The van der Waals surface area contributed by atoms with Crippen LogP contribution in [0.5, 0.6) is 5.88 Å². The molecule has 0 atom stereocenters. The third-order valence-corrected chi connectivity index (χ3v) is 5.12. The van der Waals surface area contributed by atoms with Gasteiger partial charge in [-0.2, -0.15) is 4.98 Å². The largest absolute Gasteiger partial charge is 0.492 e. The molecule has 6 N–H and O–H groups in total. The zero-order chi connectivity index (χ0) is 21.1. The Labute approximate surface area is 163 Å². The van der Waals surface area contributed by atoms with E-state index >= 15 is 0 Å². The highest BCUT2D eigenvalue weighted by Crippen LogP contribution is 2.22. The van der Waals surface area contributed by atoms with E-state index in [-0.39, 0.29) is 21.5 Å². The fourth-order valence-corrected chi connectivity index (χ4v) is 3.23. The molecule has 150 valence electrons. The van der Waals surface area contributed by atoms with Gasteiger partial charge in [0.2, 0.25) is 27.7 Å². The van der Waals surface area contributed by atoms with Crippen molar-refractivity contribution in [1.82, 2.24) is 9.97 Å². The number of nitrogens with one attached hydrogen (secondary N) is 3. The van der Waals surface area contributed by atoms with Crippen LogP contribution >= 0.6 is 11.8 Å². The maximum absolute atomic E-state index is 12.1. The van der Waals surface area contributed by atoms with Crippen molar-refractivity contribution in [3.63, 3.8) is 0 Å². The van der Waals surface area contributed by atoms with Gasteiger partial charge in [0, 0.05) is 12.6 Å². The van der Waals surface area contributed by atoms with E-state index < -0.39 is 39.0 Å². The van der Waals surface area contributed by atoms with Crippen LogP contribution in [0.4, 0.5) is 11.4 Å². The Morgan fingerprint density at radius 2 is 2.00 bits per heavy atom. The van der Waals surface area contributed by atoms with E-state index in [1.807, 2.05) is 0 Å². The quantitative estimate of drug-likeness (QED) is 0.318. The zero-order valence-electron chi connectivity index (χ0n) is 14.8. The number of sulfonamides is 1. The summed E-state index contributed by atoms with van der Waals surface area (Å²) in [5.74, 6) is -1.94. The molecule has 2 amide bonds. The molecule has 0 aliphatic carbocycles. The molecule has 13 heteroatoms. The van der Waals surface area contributed by atoms with Crippen molar-refractivity contribution in [1.29, 1.82) is 0 Å². The van der Waals surface area contributed by atoms with Crippen LogP contribution in [0.1, 0.15) is 12.5 Å². The molecule has 0 unspecified atom stereocenters. The van der Waals surface area contributed by atoms with E-state index in [1.165, 1.54) is 25.1 Å². The number of benzene rings is 1. The van der Waals surface area contributed by atoms with Crippen molar-refractivity contribution in [3.8, 4) is 5.88 Å². The van der Waals surface area contributed by atoms with Gasteiger partial charge in [-0.3, -0.25) is 19.4 Å². The van der Waals surface area contributed by atoms with Crippen molar-refractivity contribution in [2.45, 2.75) is 23.9 Å². The predicted molar refractivity (Wildman–Crippen MR) is 103 cm³/mol. The van der Waals surface area contributed by atoms with Gasteiger partial charge >= 0.3 is 0 Å². The second-order valence-corrected chi connectivity index (χ2v) is 8.13. The number of anilines is 2. The van der Waals surface area contributed by atoms with Crippen molar-refractivity contribution < 1.29 is 23.1 Å². The first-order chi connectivity index (χ1) is 13.0. The number of hydrogen-bond donors (Lipinski definition) is 5. The molecule has 0 saturated heterocycles. The summed E-state index contributed by atoms with van der Waals surface area (Å²) >= 11 is 0.825. The van der Waals surface area contributed by atoms with Crippen LogP contribution in [0.25, 0.3) is 0 Å². The lowest BCUT2D eigenvalue weighted by molar-refractivity contribution is -0.114. The minimum absolute atomic E-state index is 0.0400. The van der Waals surface area contributed by atoms with E-state index in [0.29, 0.717) is 5.56 Å². The summed E-state index contributed by atoms with van der Waals surface area (Å²) in [7, 11) is -3.92.